The third-order valence-corrected chi connectivity index (χ3v) is 4.73. The second kappa shape index (κ2) is 6.69. The Morgan fingerprint density at radius 2 is 2.09 bits per heavy atom. The van der Waals surface area contributed by atoms with Gasteiger partial charge >= 0.3 is 0 Å². The highest BCUT2D eigenvalue weighted by Crippen LogP contribution is 2.24. The molecule has 1 aromatic carbocycles. The zero-order chi connectivity index (χ0) is 16.3. The number of carbonyl (C=O) groups is 1. The largest absolute Gasteiger partial charge is 0.336 e. The Hall–Kier alpha value is -1.56. The third kappa shape index (κ3) is 4.00. The minimum Gasteiger partial charge on any atom is -0.336 e. The van der Waals surface area contributed by atoms with Crippen LogP contribution in [0.25, 0.3) is 0 Å². The number of amides is 1. The number of benzene rings is 1. The lowest BCUT2D eigenvalue weighted by Crippen LogP contribution is -2.43. The van der Waals surface area contributed by atoms with Gasteiger partial charge in [-0.05, 0) is 50.3 Å². The standard InChI is InChI=1S/C16H24N2O3S/c1-4-14-7-5-6-10-18(14)16(19)13-9-8-12(2)15(11-13)17-22(3,20)21/h8-9,11,14,17H,4-7,10H2,1-3H3. The maximum atomic E-state index is 12.7. The van der Waals surface area contributed by atoms with Crippen molar-refractivity contribution in [1.82, 2.24) is 4.90 Å². The Kier molecular flexibility index (Phi) is 5.11. The summed E-state index contributed by atoms with van der Waals surface area (Å²) in [6, 6.07) is 5.48. The molecule has 1 saturated heterocycles. The van der Waals surface area contributed by atoms with Crippen LogP contribution in [0.3, 0.4) is 0 Å². The van der Waals surface area contributed by atoms with Crippen LogP contribution in [0.4, 0.5) is 5.69 Å². The van der Waals surface area contributed by atoms with Crippen LogP contribution in [0.1, 0.15) is 48.5 Å². The monoisotopic (exact) mass is 324 g/mol. The van der Waals surface area contributed by atoms with E-state index in [1.54, 1.807) is 18.2 Å². The zero-order valence-corrected chi connectivity index (χ0v) is 14.2. The van der Waals surface area contributed by atoms with Gasteiger partial charge in [-0.1, -0.05) is 13.0 Å². The number of hydrogen-bond donors (Lipinski definition) is 1. The van der Waals surface area contributed by atoms with Crippen LogP contribution < -0.4 is 4.72 Å². The number of aryl methyl sites for hydroxylation is 1. The van der Waals surface area contributed by atoms with E-state index in [2.05, 4.69) is 11.6 Å². The molecule has 22 heavy (non-hydrogen) atoms. The Morgan fingerprint density at radius 3 is 2.73 bits per heavy atom. The predicted molar refractivity (Wildman–Crippen MR) is 88.6 cm³/mol. The van der Waals surface area contributed by atoms with Crippen molar-refractivity contribution < 1.29 is 13.2 Å². The van der Waals surface area contributed by atoms with Crippen molar-refractivity contribution in [2.24, 2.45) is 0 Å². The molecular formula is C16H24N2O3S. The van der Waals surface area contributed by atoms with E-state index in [4.69, 9.17) is 0 Å². The Morgan fingerprint density at radius 1 is 1.36 bits per heavy atom. The summed E-state index contributed by atoms with van der Waals surface area (Å²) in [5, 5.41) is 0. The SMILES string of the molecule is CCC1CCCCN1C(=O)c1ccc(C)c(NS(C)(=O)=O)c1. The summed E-state index contributed by atoms with van der Waals surface area (Å²) in [5.74, 6) is -0.0110. The van der Waals surface area contributed by atoms with E-state index in [1.165, 1.54) is 0 Å². The molecule has 1 aliphatic heterocycles. The zero-order valence-electron chi connectivity index (χ0n) is 13.4. The second-order valence-corrected chi connectivity index (χ2v) is 7.71. The van der Waals surface area contributed by atoms with Gasteiger partial charge < -0.3 is 4.90 Å². The van der Waals surface area contributed by atoms with Gasteiger partial charge in [0.05, 0.1) is 11.9 Å². The van der Waals surface area contributed by atoms with Crippen molar-refractivity contribution in [3.63, 3.8) is 0 Å². The lowest BCUT2D eigenvalue weighted by Gasteiger charge is -2.35. The number of nitrogens with one attached hydrogen (secondary N) is 1. The van der Waals surface area contributed by atoms with Crippen LogP contribution in [0.15, 0.2) is 18.2 Å². The highest BCUT2D eigenvalue weighted by atomic mass is 32.2. The number of likely N-dealkylation sites (tertiary alicyclic amines) is 1. The molecule has 0 spiro atoms. The molecule has 0 bridgehead atoms. The van der Waals surface area contributed by atoms with E-state index in [0.29, 0.717) is 11.3 Å². The fraction of sp³-hybridized carbons (Fsp3) is 0.562. The van der Waals surface area contributed by atoms with Gasteiger partial charge in [0.2, 0.25) is 10.0 Å². The molecule has 0 saturated carbocycles. The fourth-order valence-electron chi connectivity index (χ4n) is 2.92. The van der Waals surface area contributed by atoms with Crippen LogP contribution >= 0.6 is 0 Å². The molecule has 2 rings (SSSR count). The van der Waals surface area contributed by atoms with Gasteiger partial charge in [-0.25, -0.2) is 8.42 Å². The molecule has 1 atom stereocenters. The van der Waals surface area contributed by atoms with Gasteiger partial charge in [0, 0.05) is 18.2 Å². The van der Waals surface area contributed by atoms with Crippen molar-refractivity contribution in [2.75, 3.05) is 17.5 Å². The molecule has 1 heterocycles. The number of carbonyl (C=O) groups excluding carboxylic acids is 1. The molecule has 1 fully saturated rings. The quantitative estimate of drug-likeness (QED) is 0.926. The maximum Gasteiger partial charge on any atom is 0.254 e. The number of sulfonamides is 1. The van der Waals surface area contributed by atoms with Crippen molar-refractivity contribution >= 4 is 21.6 Å². The van der Waals surface area contributed by atoms with Crippen LogP contribution in [0.2, 0.25) is 0 Å². The molecule has 0 radical (unpaired) electrons. The summed E-state index contributed by atoms with van der Waals surface area (Å²) in [5.41, 5.74) is 1.81. The summed E-state index contributed by atoms with van der Waals surface area (Å²) < 4.78 is 25.3. The summed E-state index contributed by atoms with van der Waals surface area (Å²) >= 11 is 0. The number of hydrogen-bond acceptors (Lipinski definition) is 3. The van der Waals surface area contributed by atoms with Gasteiger partial charge in [-0.3, -0.25) is 9.52 Å². The molecule has 1 aliphatic rings. The number of anilines is 1. The van der Waals surface area contributed by atoms with Crippen LogP contribution in [-0.2, 0) is 10.0 Å². The minimum absolute atomic E-state index is 0.0110. The summed E-state index contributed by atoms with van der Waals surface area (Å²) in [6.45, 7) is 4.69. The van der Waals surface area contributed by atoms with Crippen molar-refractivity contribution in [3.8, 4) is 0 Å². The average molecular weight is 324 g/mol. The second-order valence-electron chi connectivity index (χ2n) is 5.96. The number of piperidine rings is 1. The average Bonchev–Trinajstić information content (AvgIpc) is 2.47. The van der Waals surface area contributed by atoms with Crippen molar-refractivity contribution in [2.45, 2.75) is 45.6 Å². The lowest BCUT2D eigenvalue weighted by atomic mass is 9.98. The van der Waals surface area contributed by atoms with Gasteiger partial charge in [0.15, 0.2) is 0 Å². The topological polar surface area (TPSA) is 66.5 Å². The number of rotatable bonds is 4. The first-order valence-corrected chi connectivity index (χ1v) is 9.60. The van der Waals surface area contributed by atoms with Crippen molar-refractivity contribution in [3.05, 3.63) is 29.3 Å². The van der Waals surface area contributed by atoms with Gasteiger partial charge in [-0.15, -0.1) is 0 Å². The van der Waals surface area contributed by atoms with E-state index >= 15 is 0 Å². The van der Waals surface area contributed by atoms with Crippen LogP contribution in [-0.4, -0.2) is 38.1 Å². The first-order valence-electron chi connectivity index (χ1n) is 7.71. The molecule has 0 aromatic heterocycles. The fourth-order valence-corrected chi connectivity index (χ4v) is 3.54. The molecule has 6 heteroatoms. The number of nitrogens with zero attached hydrogens (tertiary/aromatic N) is 1. The van der Waals surface area contributed by atoms with Gasteiger partial charge in [0.25, 0.3) is 5.91 Å². The molecular weight excluding hydrogens is 300 g/mol. The molecule has 1 N–H and O–H groups in total. The van der Waals surface area contributed by atoms with E-state index < -0.39 is 10.0 Å². The summed E-state index contributed by atoms with van der Waals surface area (Å²) in [7, 11) is -3.36. The van der Waals surface area contributed by atoms with E-state index in [1.807, 2.05) is 11.8 Å². The molecule has 122 valence electrons. The lowest BCUT2D eigenvalue weighted by molar-refractivity contribution is 0.0608. The minimum atomic E-state index is -3.36. The molecule has 1 aromatic rings. The van der Waals surface area contributed by atoms with Gasteiger partial charge in [0.1, 0.15) is 0 Å². The van der Waals surface area contributed by atoms with Crippen molar-refractivity contribution in [1.29, 1.82) is 0 Å². The summed E-state index contributed by atoms with van der Waals surface area (Å²) in [4.78, 5) is 14.7. The molecule has 1 unspecified atom stereocenters. The molecule has 0 aliphatic carbocycles. The van der Waals surface area contributed by atoms with E-state index in [-0.39, 0.29) is 11.9 Å². The molecule has 1 amide bonds. The molecule has 5 nitrogen and oxygen atoms in total. The van der Waals surface area contributed by atoms with E-state index in [0.717, 1.165) is 44.0 Å². The maximum absolute atomic E-state index is 12.7. The highest BCUT2D eigenvalue weighted by Gasteiger charge is 2.26. The summed E-state index contributed by atoms with van der Waals surface area (Å²) in [6.07, 6.45) is 5.30. The Labute approximate surface area is 132 Å². The highest BCUT2D eigenvalue weighted by molar-refractivity contribution is 7.92. The first-order chi connectivity index (χ1) is 10.3. The van der Waals surface area contributed by atoms with Gasteiger partial charge in [-0.2, -0.15) is 0 Å². The van der Waals surface area contributed by atoms with Crippen LogP contribution in [0, 0.1) is 6.92 Å². The Bertz CT molecular complexity index is 655. The normalized spacial score (nSPS) is 19.0. The predicted octanol–water partition coefficient (Wildman–Crippen LogP) is 2.77. The van der Waals surface area contributed by atoms with Crippen LogP contribution in [0.5, 0.6) is 0 Å². The Balaban J connectivity index is 2.28. The smallest absolute Gasteiger partial charge is 0.254 e. The third-order valence-electron chi connectivity index (χ3n) is 4.14. The first kappa shape index (κ1) is 16.8. The van der Waals surface area contributed by atoms with E-state index in [9.17, 15) is 13.2 Å².